The van der Waals surface area contributed by atoms with Crippen molar-refractivity contribution < 1.29 is 0 Å². The van der Waals surface area contributed by atoms with Crippen LogP contribution in [-0.2, 0) is 5.41 Å². The number of aromatic nitrogens is 1. The molecule has 0 spiro atoms. The van der Waals surface area contributed by atoms with Crippen LogP contribution < -0.4 is 0 Å². The fraction of sp³-hybridized carbons (Fsp3) is 0.100. The fourth-order valence-electron chi connectivity index (χ4n) is 7.18. The highest BCUT2D eigenvalue weighted by atomic mass is 32.1. The molecule has 0 atom stereocenters. The van der Waals surface area contributed by atoms with Gasteiger partial charge in [-0.3, -0.25) is 0 Å². The lowest BCUT2D eigenvalue weighted by Gasteiger charge is -2.23. The van der Waals surface area contributed by atoms with Crippen LogP contribution in [0.15, 0.2) is 122 Å². The highest BCUT2D eigenvalue weighted by molar-refractivity contribution is 7.20. The maximum absolute atomic E-state index is 3.86. The monoisotopic (exact) mass is 557 g/mol. The standard InChI is InChI=1S/C40H31NS/c1-5-6-16-36-25(2)38-37(42-36)22-19-30-31-23-26(17-20-33(31)40(3,4)39(30)38)27-18-21-35-32(24-27)29-14-10-11-15-34(29)41(35)28-12-8-7-9-13-28/h5-24H,1H2,2-4H3/b16-6-. The summed E-state index contributed by atoms with van der Waals surface area (Å²) in [6.45, 7) is 10.9. The van der Waals surface area contributed by atoms with E-state index in [1.165, 1.54) is 81.4 Å². The molecule has 42 heavy (non-hydrogen) atoms. The number of nitrogens with zero attached hydrogens (tertiary/aromatic N) is 1. The summed E-state index contributed by atoms with van der Waals surface area (Å²) in [6.07, 6.45) is 6.09. The van der Waals surface area contributed by atoms with Crippen LogP contribution in [0.25, 0.3) is 65.9 Å². The first kappa shape index (κ1) is 25.1. The van der Waals surface area contributed by atoms with Crippen LogP contribution in [0.4, 0.5) is 0 Å². The van der Waals surface area contributed by atoms with E-state index >= 15 is 0 Å². The Morgan fingerprint density at radius 3 is 2.31 bits per heavy atom. The van der Waals surface area contributed by atoms with Gasteiger partial charge in [0.1, 0.15) is 0 Å². The molecule has 2 heteroatoms. The first-order valence-corrected chi connectivity index (χ1v) is 15.4. The lowest BCUT2D eigenvalue weighted by molar-refractivity contribution is 0.666. The second-order valence-electron chi connectivity index (χ2n) is 11.9. The molecule has 7 aromatic rings. The average Bonchev–Trinajstić information content (AvgIpc) is 3.60. The fourth-order valence-corrected chi connectivity index (χ4v) is 8.31. The summed E-state index contributed by atoms with van der Waals surface area (Å²) in [4.78, 5) is 1.31. The Labute approximate surface area is 250 Å². The van der Waals surface area contributed by atoms with Crippen LogP contribution in [0.2, 0.25) is 0 Å². The summed E-state index contributed by atoms with van der Waals surface area (Å²) in [7, 11) is 0. The van der Waals surface area contributed by atoms with E-state index in [-0.39, 0.29) is 5.41 Å². The van der Waals surface area contributed by atoms with Crippen LogP contribution in [0.5, 0.6) is 0 Å². The third-order valence-corrected chi connectivity index (χ3v) is 10.4. The number of aryl methyl sites for hydroxylation is 1. The zero-order chi connectivity index (χ0) is 28.6. The molecular formula is C40H31NS. The van der Waals surface area contributed by atoms with Crippen molar-refractivity contribution >= 4 is 49.3 Å². The Balaban J connectivity index is 1.31. The quantitative estimate of drug-likeness (QED) is 0.190. The van der Waals surface area contributed by atoms with E-state index in [0.29, 0.717) is 0 Å². The summed E-state index contributed by atoms with van der Waals surface area (Å²) in [6, 6.07) is 38.1. The molecule has 0 radical (unpaired) electrons. The number of thiophene rings is 1. The van der Waals surface area contributed by atoms with Crippen LogP contribution >= 0.6 is 11.3 Å². The van der Waals surface area contributed by atoms with E-state index in [0.717, 1.165) is 0 Å². The van der Waals surface area contributed by atoms with Crippen molar-refractivity contribution in [1.29, 1.82) is 0 Å². The second-order valence-corrected chi connectivity index (χ2v) is 12.9. The van der Waals surface area contributed by atoms with Gasteiger partial charge in [-0.15, -0.1) is 11.3 Å². The predicted molar refractivity (Wildman–Crippen MR) is 183 cm³/mol. The average molecular weight is 558 g/mol. The highest BCUT2D eigenvalue weighted by Gasteiger charge is 2.38. The number of benzene rings is 5. The third-order valence-electron chi connectivity index (χ3n) is 9.14. The van der Waals surface area contributed by atoms with E-state index in [9.17, 15) is 0 Å². The molecule has 2 aromatic heterocycles. The molecule has 202 valence electrons. The molecule has 5 aromatic carbocycles. The van der Waals surface area contributed by atoms with Gasteiger partial charge in [-0.1, -0.05) is 93.2 Å². The molecule has 0 fully saturated rings. The molecular weight excluding hydrogens is 527 g/mol. The lowest BCUT2D eigenvalue weighted by atomic mass is 9.80. The van der Waals surface area contributed by atoms with E-state index < -0.39 is 0 Å². The van der Waals surface area contributed by atoms with Gasteiger partial charge >= 0.3 is 0 Å². The van der Waals surface area contributed by atoms with Crippen LogP contribution in [0.3, 0.4) is 0 Å². The molecule has 0 bridgehead atoms. The first-order chi connectivity index (χ1) is 20.5. The van der Waals surface area contributed by atoms with Crippen molar-refractivity contribution in [2.45, 2.75) is 26.2 Å². The van der Waals surface area contributed by atoms with Gasteiger partial charge in [0, 0.05) is 36.8 Å². The minimum absolute atomic E-state index is 0.0684. The molecule has 1 aliphatic carbocycles. The van der Waals surface area contributed by atoms with Gasteiger partial charge in [0.15, 0.2) is 0 Å². The van der Waals surface area contributed by atoms with Crippen LogP contribution in [-0.4, -0.2) is 4.57 Å². The largest absolute Gasteiger partial charge is 0.309 e. The number of hydrogen-bond acceptors (Lipinski definition) is 1. The van der Waals surface area contributed by atoms with Crippen molar-refractivity contribution in [2.24, 2.45) is 0 Å². The minimum Gasteiger partial charge on any atom is -0.309 e. The maximum atomic E-state index is 3.86. The molecule has 0 unspecified atom stereocenters. The summed E-state index contributed by atoms with van der Waals surface area (Å²) in [5.74, 6) is 0. The molecule has 0 amide bonds. The van der Waals surface area contributed by atoms with Gasteiger partial charge in [0.05, 0.1) is 11.0 Å². The maximum Gasteiger partial charge on any atom is 0.0541 e. The van der Waals surface area contributed by atoms with Gasteiger partial charge < -0.3 is 4.57 Å². The van der Waals surface area contributed by atoms with Crippen molar-refractivity contribution in [3.63, 3.8) is 0 Å². The Hall–Kier alpha value is -4.66. The molecule has 2 heterocycles. The van der Waals surface area contributed by atoms with Gasteiger partial charge in [-0.05, 0) is 94.4 Å². The topological polar surface area (TPSA) is 4.93 Å². The molecule has 8 rings (SSSR count). The third kappa shape index (κ3) is 3.49. The number of rotatable bonds is 4. The normalized spacial score (nSPS) is 13.8. The smallest absolute Gasteiger partial charge is 0.0541 e. The number of hydrogen-bond donors (Lipinski definition) is 0. The first-order valence-electron chi connectivity index (χ1n) is 14.6. The van der Waals surface area contributed by atoms with Crippen molar-refractivity contribution in [3.8, 4) is 27.9 Å². The Morgan fingerprint density at radius 1 is 0.738 bits per heavy atom. The molecule has 0 saturated carbocycles. The number of para-hydroxylation sites is 2. The van der Waals surface area contributed by atoms with Gasteiger partial charge in [-0.25, -0.2) is 0 Å². The summed E-state index contributed by atoms with van der Waals surface area (Å²) >= 11 is 1.88. The summed E-state index contributed by atoms with van der Waals surface area (Å²) in [5.41, 5.74) is 13.0. The molecule has 0 N–H and O–H groups in total. The Morgan fingerprint density at radius 2 is 1.48 bits per heavy atom. The predicted octanol–water partition coefficient (Wildman–Crippen LogP) is 11.5. The van der Waals surface area contributed by atoms with Crippen molar-refractivity contribution in [1.82, 2.24) is 4.57 Å². The molecule has 1 nitrogen and oxygen atoms in total. The summed E-state index contributed by atoms with van der Waals surface area (Å²) in [5, 5.41) is 3.98. The Kier molecular flexibility index (Phi) is 5.48. The second kappa shape index (κ2) is 9.17. The lowest BCUT2D eigenvalue weighted by Crippen LogP contribution is -2.15. The number of allylic oxidation sites excluding steroid dienone is 2. The minimum atomic E-state index is -0.0684. The van der Waals surface area contributed by atoms with E-state index in [1.807, 2.05) is 23.5 Å². The SMILES string of the molecule is C=C/C=C\c1sc2ccc3c(c2c1C)C(C)(C)c1ccc(-c2ccc4c(c2)c2ccccc2n4-c2ccccc2)cc1-3. The van der Waals surface area contributed by atoms with Crippen LogP contribution in [0.1, 0.15) is 35.4 Å². The van der Waals surface area contributed by atoms with Gasteiger partial charge in [-0.2, -0.15) is 0 Å². The molecule has 0 saturated heterocycles. The molecule has 0 aliphatic heterocycles. The molecule has 1 aliphatic rings. The Bertz CT molecular complexity index is 2240. The van der Waals surface area contributed by atoms with Crippen LogP contribution in [0, 0.1) is 6.92 Å². The highest BCUT2D eigenvalue weighted by Crippen LogP contribution is 2.54. The van der Waals surface area contributed by atoms with Gasteiger partial charge in [0.2, 0.25) is 0 Å². The van der Waals surface area contributed by atoms with E-state index in [1.54, 1.807) is 0 Å². The summed E-state index contributed by atoms with van der Waals surface area (Å²) < 4.78 is 3.74. The zero-order valence-corrected chi connectivity index (χ0v) is 24.9. The van der Waals surface area contributed by atoms with Crippen molar-refractivity contribution in [3.05, 3.63) is 143 Å². The van der Waals surface area contributed by atoms with E-state index in [2.05, 4.69) is 141 Å². The van der Waals surface area contributed by atoms with Crippen molar-refractivity contribution in [2.75, 3.05) is 0 Å². The van der Waals surface area contributed by atoms with E-state index in [4.69, 9.17) is 0 Å². The van der Waals surface area contributed by atoms with Gasteiger partial charge in [0.25, 0.3) is 0 Å². The zero-order valence-electron chi connectivity index (χ0n) is 24.1. The number of fused-ring (bicyclic) bond motifs is 8.